The summed E-state index contributed by atoms with van der Waals surface area (Å²) in [6.45, 7) is 9.34. The molecule has 2 aromatic rings. The van der Waals surface area contributed by atoms with Gasteiger partial charge in [0.25, 0.3) is 0 Å². The van der Waals surface area contributed by atoms with E-state index in [2.05, 4.69) is 36.3 Å². The summed E-state index contributed by atoms with van der Waals surface area (Å²) in [5.74, 6) is 1.90. The summed E-state index contributed by atoms with van der Waals surface area (Å²) in [7, 11) is 0. The molecule has 0 radical (unpaired) electrons. The number of nitrogens with zero attached hydrogens (tertiary/aromatic N) is 1. The van der Waals surface area contributed by atoms with Crippen LogP contribution in [0.25, 0.3) is 0 Å². The second kappa shape index (κ2) is 6.57. The average Bonchev–Trinajstić information content (AvgIpc) is 2.99. The normalized spacial score (nSPS) is 14.9. The predicted octanol–water partition coefficient (Wildman–Crippen LogP) is 3.95. The zero-order valence-corrected chi connectivity index (χ0v) is 13.5. The van der Waals surface area contributed by atoms with Crippen LogP contribution in [-0.4, -0.2) is 17.0 Å². The summed E-state index contributed by atoms with van der Waals surface area (Å²) < 4.78 is 5.84. The number of hydrogen-bond donors (Lipinski definition) is 1. The third kappa shape index (κ3) is 3.51. The molecule has 0 aliphatic heterocycles. The van der Waals surface area contributed by atoms with Gasteiger partial charge in [-0.15, -0.1) is 11.3 Å². The van der Waals surface area contributed by atoms with E-state index in [1.165, 1.54) is 4.88 Å². The standard InChI is InChI=1S/C16H24N2OS/c1-11(2)18(10-14-6-5-9-20-14)16(13(4)17)15-8-7-12(3)19-15/h5-9,11,13,16H,10,17H2,1-4H3. The second-order valence-corrected chi connectivity index (χ2v) is 6.63. The van der Waals surface area contributed by atoms with Gasteiger partial charge < -0.3 is 10.2 Å². The first-order valence-corrected chi connectivity index (χ1v) is 7.97. The summed E-state index contributed by atoms with van der Waals surface area (Å²) in [6, 6.07) is 8.84. The van der Waals surface area contributed by atoms with Crippen LogP contribution in [0.2, 0.25) is 0 Å². The Balaban J connectivity index is 2.28. The lowest BCUT2D eigenvalue weighted by Crippen LogP contribution is -2.42. The molecule has 3 nitrogen and oxygen atoms in total. The summed E-state index contributed by atoms with van der Waals surface area (Å²) in [4.78, 5) is 3.77. The van der Waals surface area contributed by atoms with Crippen molar-refractivity contribution >= 4 is 11.3 Å². The third-order valence-electron chi connectivity index (χ3n) is 3.49. The van der Waals surface area contributed by atoms with E-state index in [0.717, 1.165) is 18.1 Å². The van der Waals surface area contributed by atoms with Crippen molar-refractivity contribution in [2.45, 2.75) is 52.4 Å². The molecule has 0 bridgehead atoms. The molecule has 2 rings (SSSR count). The van der Waals surface area contributed by atoms with E-state index in [1.54, 1.807) is 11.3 Å². The molecule has 0 saturated heterocycles. The Morgan fingerprint density at radius 1 is 1.25 bits per heavy atom. The van der Waals surface area contributed by atoms with Crippen LogP contribution in [0.1, 0.15) is 43.2 Å². The fourth-order valence-electron chi connectivity index (χ4n) is 2.52. The number of rotatable bonds is 6. The maximum atomic E-state index is 6.25. The minimum atomic E-state index is 0.0166. The van der Waals surface area contributed by atoms with Gasteiger partial charge in [0.05, 0.1) is 6.04 Å². The lowest BCUT2D eigenvalue weighted by Gasteiger charge is -2.35. The quantitative estimate of drug-likeness (QED) is 0.876. The lowest BCUT2D eigenvalue weighted by molar-refractivity contribution is 0.110. The molecule has 110 valence electrons. The van der Waals surface area contributed by atoms with Crippen molar-refractivity contribution in [2.24, 2.45) is 5.73 Å². The van der Waals surface area contributed by atoms with Crippen molar-refractivity contribution in [3.05, 3.63) is 46.0 Å². The topological polar surface area (TPSA) is 42.4 Å². The van der Waals surface area contributed by atoms with Gasteiger partial charge in [0.15, 0.2) is 0 Å². The summed E-state index contributed by atoms with van der Waals surface area (Å²) in [5, 5.41) is 2.12. The molecule has 2 atom stereocenters. The van der Waals surface area contributed by atoms with E-state index in [1.807, 2.05) is 26.0 Å². The van der Waals surface area contributed by atoms with Crippen LogP contribution in [0.3, 0.4) is 0 Å². The van der Waals surface area contributed by atoms with E-state index in [4.69, 9.17) is 10.2 Å². The minimum Gasteiger partial charge on any atom is -0.465 e. The van der Waals surface area contributed by atoms with Crippen LogP contribution >= 0.6 is 11.3 Å². The molecule has 0 spiro atoms. The highest BCUT2D eigenvalue weighted by Crippen LogP contribution is 2.29. The van der Waals surface area contributed by atoms with E-state index >= 15 is 0 Å². The van der Waals surface area contributed by atoms with Crippen LogP contribution < -0.4 is 5.73 Å². The Labute approximate surface area is 125 Å². The van der Waals surface area contributed by atoms with Gasteiger partial charge in [0.2, 0.25) is 0 Å². The average molecular weight is 292 g/mol. The molecule has 4 heteroatoms. The Morgan fingerprint density at radius 3 is 2.45 bits per heavy atom. The molecule has 2 N–H and O–H groups in total. The highest BCUT2D eigenvalue weighted by Gasteiger charge is 2.29. The summed E-state index contributed by atoms with van der Waals surface area (Å²) >= 11 is 1.79. The summed E-state index contributed by atoms with van der Waals surface area (Å²) in [6.07, 6.45) is 0. The Kier molecular flexibility index (Phi) is 5.02. The Morgan fingerprint density at radius 2 is 2.00 bits per heavy atom. The molecule has 0 aliphatic rings. The first-order valence-electron chi connectivity index (χ1n) is 7.09. The van der Waals surface area contributed by atoms with E-state index < -0.39 is 0 Å². The first kappa shape index (κ1) is 15.3. The molecule has 20 heavy (non-hydrogen) atoms. The van der Waals surface area contributed by atoms with Gasteiger partial charge in [-0.1, -0.05) is 6.07 Å². The van der Waals surface area contributed by atoms with Crippen molar-refractivity contribution in [3.8, 4) is 0 Å². The highest BCUT2D eigenvalue weighted by atomic mass is 32.1. The summed E-state index contributed by atoms with van der Waals surface area (Å²) in [5.41, 5.74) is 6.25. The van der Waals surface area contributed by atoms with Gasteiger partial charge in [-0.25, -0.2) is 0 Å². The first-order chi connectivity index (χ1) is 9.49. The van der Waals surface area contributed by atoms with Gasteiger partial charge in [0.1, 0.15) is 11.5 Å². The second-order valence-electron chi connectivity index (χ2n) is 5.60. The molecule has 2 heterocycles. The molecular formula is C16H24N2OS. The largest absolute Gasteiger partial charge is 0.465 e. The van der Waals surface area contributed by atoms with Gasteiger partial charge in [0, 0.05) is 23.5 Å². The maximum absolute atomic E-state index is 6.25. The smallest absolute Gasteiger partial charge is 0.122 e. The predicted molar refractivity (Wildman–Crippen MR) is 84.8 cm³/mol. The minimum absolute atomic E-state index is 0.0166. The van der Waals surface area contributed by atoms with Crippen LogP contribution in [-0.2, 0) is 6.54 Å². The molecule has 0 amide bonds. The van der Waals surface area contributed by atoms with Crippen molar-refractivity contribution in [2.75, 3.05) is 0 Å². The molecule has 0 aliphatic carbocycles. The van der Waals surface area contributed by atoms with E-state index in [-0.39, 0.29) is 12.1 Å². The third-order valence-corrected chi connectivity index (χ3v) is 4.35. The number of furan rings is 1. The van der Waals surface area contributed by atoms with Crippen LogP contribution in [0.5, 0.6) is 0 Å². The lowest BCUT2D eigenvalue weighted by atomic mass is 10.0. The number of thiophene rings is 1. The Hall–Kier alpha value is -1.10. The number of nitrogens with two attached hydrogens (primary N) is 1. The molecule has 2 aromatic heterocycles. The highest BCUT2D eigenvalue weighted by molar-refractivity contribution is 7.09. The van der Waals surface area contributed by atoms with E-state index in [0.29, 0.717) is 6.04 Å². The van der Waals surface area contributed by atoms with Crippen molar-refractivity contribution in [1.29, 1.82) is 0 Å². The number of aryl methyl sites for hydroxylation is 1. The monoisotopic (exact) mass is 292 g/mol. The van der Waals surface area contributed by atoms with Gasteiger partial charge >= 0.3 is 0 Å². The van der Waals surface area contributed by atoms with Crippen LogP contribution in [0, 0.1) is 6.92 Å². The van der Waals surface area contributed by atoms with Crippen LogP contribution in [0.15, 0.2) is 34.1 Å². The fourth-order valence-corrected chi connectivity index (χ4v) is 3.23. The zero-order chi connectivity index (χ0) is 14.7. The van der Waals surface area contributed by atoms with Crippen LogP contribution in [0.4, 0.5) is 0 Å². The van der Waals surface area contributed by atoms with Gasteiger partial charge in [-0.05, 0) is 51.3 Å². The van der Waals surface area contributed by atoms with Gasteiger partial charge in [-0.2, -0.15) is 0 Å². The van der Waals surface area contributed by atoms with Crippen molar-refractivity contribution < 1.29 is 4.42 Å². The number of hydrogen-bond acceptors (Lipinski definition) is 4. The SMILES string of the molecule is Cc1ccc(C(C(C)N)N(Cc2cccs2)C(C)C)o1. The van der Waals surface area contributed by atoms with Gasteiger partial charge in [-0.3, -0.25) is 4.90 Å². The fraction of sp³-hybridized carbons (Fsp3) is 0.500. The molecule has 0 fully saturated rings. The van der Waals surface area contributed by atoms with Crippen molar-refractivity contribution in [3.63, 3.8) is 0 Å². The molecule has 0 saturated carbocycles. The Bertz CT molecular complexity index is 516. The maximum Gasteiger partial charge on any atom is 0.122 e. The molecule has 0 aromatic carbocycles. The molecular weight excluding hydrogens is 268 g/mol. The zero-order valence-electron chi connectivity index (χ0n) is 12.7. The van der Waals surface area contributed by atoms with Crippen molar-refractivity contribution in [1.82, 2.24) is 4.90 Å². The molecule has 2 unspecified atom stereocenters. The van der Waals surface area contributed by atoms with E-state index in [9.17, 15) is 0 Å².